The summed E-state index contributed by atoms with van der Waals surface area (Å²) in [6, 6.07) is 3.70. The number of nitrogens with zero attached hydrogens (tertiary/aromatic N) is 4. The number of piperidine rings is 3. The number of aliphatic hydroxyl groups is 1. The lowest BCUT2D eigenvalue weighted by molar-refractivity contribution is -0.939. The van der Waals surface area contributed by atoms with Crippen molar-refractivity contribution in [3.8, 4) is 0 Å². The average Bonchev–Trinajstić information content (AvgIpc) is 3.54. The third-order valence-corrected chi connectivity index (χ3v) is 8.67. The molecule has 1 unspecified atom stereocenters. The average molecular weight is 552 g/mol. The van der Waals surface area contributed by atoms with Crippen LogP contribution in [0, 0.1) is 11.8 Å². The van der Waals surface area contributed by atoms with Crippen LogP contribution in [-0.2, 0) is 19.9 Å². The summed E-state index contributed by atoms with van der Waals surface area (Å²) in [7, 11) is 0. The third kappa shape index (κ3) is 4.89. The molecule has 1 saturated carbocycles. The molecule has 184 valence electrons. The van der Waals surface area contributed by atoms with E-state index in [1.54, 1.807) is 0 Å². The molecule has 3 saturated heterocycles. The Kier molecular flexibility index (Phi) is 7.66. The molecule has 9 nitrogen and oxygen atoms in total. The number of ether oxygens (including phenoxy) is 1. The molecule has 5 heterocycles. The van der Waals surface area contributed by atoms with Crippen molar-refractivity contribution < 1.29 is 40.9 Å². The molecule has 34 heavy (non-hydrogen) atoms. The second kappa shape index (κ2) is 10.3. The van der Waals surface area contributed by atoms with Crippen LogP contribution in [0.25, 0.3) is 0 Å². The smallest absolute Gasteiger partial charge is 0.344 e. The van der Waals surface area contributed by atoms with Crippen molar-refractivity contribution in [1.29, 1.82) is 0 Å². The molecule has 6 rings (SSSR count). The van der Waals surface area contributed by atoms with Crippen LogP contribution in [0.2, 0.25) is 0 Å². The van der Waals surface area contributed by atoms with Crippen LogP contribution >= 0.6 is 11.3 Å². The summed E-state index contributed by atoms with van der Waals surface area (Å²) in [6.45, 7) is 2.62. The van der Waals surface area contributed by atoms with Gasteiger partial charge in [0.1, 0.15) is 19.2 Å². The molecule has 3 aliphatic heterocycles. The van der Waals surface area contributed by atoms with Crippen molar-refractivity contribution in [3.63, 3.8) is 0 Å². The maximum atomic E-state index is 13.5. The molecule has 2 bridgehead atoms. The minimum Gasteiger partial charge on any atom is -1.00 e. The number of thiophene rings is 1. The van der Waals surface area contributed by atoms with Crippen molar-refractivity contribution >= 4 is 29.2 Å². The Balaban J connectivity index is 0.00000274. The summed E-state index contributed by atoms with van der Waals surface area (Å²) in [5.41, 5.74) is -1.59. The molecule has 0 radical (unpaired) electrons. The molecule has 1 amide bonds. The van der Waals surface area contributed by atoms with Crippen LogP contribution < -0.4 is 22.3 Å². The van der Waals surface area contributed by atoms with Gasteiger partial charge in [-0.3, -0.25) is 10.1 Å². The van der Waals surface area contributed by atoms with Gasteiger partial charge in [0.05, 0.1) is 13.1 Å². The fraction of sp³-hybridized carbons (Fsp3) is 0.609. The van der Waals surface area contributed by atoms with Crippen LogP contribution in [-0.4, -0.2) is 68.7 Å². The largest absolute Gasteiger partial charge is 1.00 e. The monoisotopic (exact) mass is 551 g/mol. The van der Waals surface area contributed by atoms with E-state index in [0.717, 1.165) is 51.6 Å². The highest BCUT2D eigenvalue weighted by Gasteiger charge is 2.53. The molecular weight excluding hydrogens is 522 g/mol. The van der Waals surface area contributed by atoms with Gasteiger partial charge in [0, 0.05) is 29.6 Å². The molecule has 1 aliphatic carbocycles. The number of fused-ring (bicyclic) bond motifs is 3. The molecule has 11 heteroatoms. The van der Waals surface area contributed by atoms with Gasteiger partial charge in [0.25, 0.3) is 5.91 Å². The van der Waals surface area contributed by atoms with E-state index in [0.29, 0.717) is 15.9 Å². The molecule has 2 aromatic rings. The molecule has 4 aliphatic rings. The minimum absolute atomic E-state index is 0. The lowest BCUT2D eigenvalue weighted by Crippen LogP contribution is -3.00. The number of aromatic nitrogens is 3. The van der Waals surface area contributed by atoms with E-state index < -0.39 is 11.6 Å². The summed E-state index contributed by atoms with van der Waals surface area (Å²) in [5, 5.41) is 16.3. The van der Waals surface area contributed by atoms with Gasteiger partial charge < -0.3 is 31.3 Å². The number of hydrogen-bond donors (Lipinski definition) is 2. The maximum absolute atomic E-state index is 13.5. The number of amides is 1. The second-order valence-corrected chi connectivity index (χ2v) is 10.6. The van der Waals surface area contributed by atoms with Crippen molar-refractivity contribution in [1.82, 2.24) is 15.0 Å². The number of rotatable bonds is 7. The summed E-state index contributed by atoms with van der Waals surface area (Å²) >= 11 is 1.41. The highest BCUT2D eigenvalue weighted by Crippen LogP contribution is 2.44. The Morgan fingerprint density at radius 2 is 1.88 bits per heavy atom. The second-order valence-electron chi connectivity index (χ2n) is 9.65. The van der Waals surface area contributed by atoms with Crippen LogP contribution in [0.15, 0.2) is 30.2 Å². The molecule has 2 atom stereocenters. The van der Waals surface area contributed by atoms with Crippen molar-refractivity contribution in [2.24, 2.45) is 11.8 Å². The van der Waals surface area contributed by atoms with Gasteiger partial charge >= 0.3 is 5.97 Å². The quantitative estimate of drug-likeness (QED) is 0.338. The zero-order valence-corrected chi connectivity index (χ0v) is 21.3. The zero-order chi connectivity index (χ0) is 22.9. The van der Waals surface area contributed by atoms with E-state index in [1.165, 1.54) is 24.0 Å². The maximum Gasteiger partial charge on any atom is 0.344 e. The van der Waals surface area contributed by atoms with Gasteiger partial charge in [-0.05, 0) is 24.3 Å². The first-order valence-electron chi connectivity index (χ1n) is 11.7. The highest BCUT2D eigenvalue weighted by atomic mass is 79.9. The van der Waals surface area contributed by atoms with Crippen LogP contribution in [0.4, 0.5) is 5.95 Å². The van der Waals surface area contributed by atoms with Gasteiger partial charge in [-0.2, -0.15) is 0 Å². The number of nitrogens with one attached hydrogen (secondary N) is 1. The molecular formula is C23H30BrN5O4S. The Morgan fingerprint density at radius 1 is 1.18 bits per heavy atom. The Hall–Kier alpha value is -1.95. The van der Waals surface area contributed by atoms with E-state index in [4.69, 9.17) is 4.74 Å². The number of halogens is 1. The predicted octanol–water partition coefficient (Wildman–Crippen LogP) is -0.894. The zero-order valence-electron chi connectivity index (χ0n) is 18.9. The lowest BCUT2D eigenvalue weighted by atomic mass is 9.82. The van der Waals surface area contributed by atoms with E-state index in [1.807, 2.05) is 17.5 Å². The minimum atomic E-state index is -1.59. The highest BCUT2D eigenvalue weighted by molar-refractivity contribution is 7.10. The van der Waals surface area contributed by atoms with E-state index in [-0.39, 0.29) is 53.3 Å². The van der Waals surface area contributed by atoms with E-state index in [2.05, 4.69) is 20.3 Å². The number of quaternary nitrogens is 1. The summed E-state index contributed by atoms with van der Waals surface area (Å²) < 4.78 is 6.66. The van der Waals surface area contributed by atoms with E-state index >= 15 is 0 Å². The Bertz CT molecular complexity index is 981. The predicted molar refractivity (Wildman–Crippen MR) is 121 cm³/mol. The van der Waals surface area contributed by atoms with E-state index in [9.17, 15) is 14.7 Å². The fourth-order valence-electron chi connectivity index (χ4n) is 5.88. The summed E-state index contributed by atoms with van der Waals surface area (Å²) in [6.07, 6.45) is 7.89. The number of carbonyl (C=O) groups is 2. The first-order chi connectivity index (χ1) is 16.0. The Labute approximate surface area is 213 Å². The van der Waals surface area contributed by atoms with Crippen molar-refractivity contribution in [2.75, 3.05) is 31.5 Å². The normalized spacial score (nSPS) is 28.0. The number of hydrogen-bond acceptors (Lipinski definition) is 8. The number of anilines is 1. The third-order valence-electron chi connectivity index (χ3n) is 7.68. The first kappa shape index (κ1) is 25.2. The van der Waals surface area contributed by atoms with Crippen molar-refractivity contribution in [2.45, 2.75) is 50.2 Å². The lowest BCUT2D eigenvalue weighted by Gasteiger charge is -2.51. The van der Waals surface area contributed by atoms with Gasteiger partial charge in [0.2, 0.25) is 5.95 Å². The van der Waals surface area contributed by atoms with Crippen LogP contribution in [0.3, 0.4) is 0 Å². The van der Waals surface area contributed by atoms with Gasteiger partial charge in [-0.1, -0.05) is 18.9 Å². The van der Waals surface area contributed by atoms with Crippen LogP contribution in [0.1, 0.15) is 43.4 Å². The molecule has 0 aromatic carbocycles. The molecule has 4 fully saturated rings. The Morgan fingerprint density at radius 3 is 2.53 bits per heavy atom. The first-order valence-corrected chi connectivity index (χ1v) is 12.6. The van der Waals surface area contributed by atoms with Gasteiger partial charge in [0.15, 0.2) is 18.2 Å². The molecule has 2 aromatic heterocycles. The summed E-state index contributed by atoms with van der Waals surface area (Å²) in [4.78, 5) is 38.5. The molecule has 0 spiro atoms. The van der Waals surface area contributed by atoms with Crippen LogP contribution in [0.5, 0.6) is 0 Å². The SMILES string of the molecule is O=C(C[N+]12CCC(CC1)C(OC(=O)[C@@](O)(c1cccs1)C1CCCC1)C2)Nc1ncncn1.[Br-]. The van der Waals surface area contributed by atoms with Gasteiger partial charge in [-0.15, -0.1) is 11.3 Å². The standard InChI is InChI=1S/C23H29N5O4S.BrH/c29-20(27-22-25-14-24-15-26-22)13-28-9-7-16(8-10-28)18(12-28)32-21(30)23(31,17-4-1-2-5-17)19-6-3-11-33-19;/h3,6,11,14-18,31H,1-2,4-5,7-10,12-13H2;1H/t16?,18?,23-,28?;/m0./s1. The number of carbonyl (C=O) groups excluding carboxylic acids is 2. The molecule has 2 N–H and O–H groups in total. The number of esters is 1. The summed E-state index contributed by atoms with van der Waals surface area (Å²) in [5.74, 6) is -0.285. The van der Waals surface area contributed by atoms with Gasteiger partial charge in [-0.25, -0.2) is 19.7 Å². The van der Waals surface area contributed by atoms with Crippen molar-refractivity contribution in [3.05, 3.63) is 35.0 Å². The topological polar surface area (TPSA) is 114 Å². The fourth-order valence-corrected chi connectivity index (χ4v) is 6.77.